The smallest absolute Gasteiger partial charge is 0.191 e. The summed E-state index contributed by atoms with van der Waals surface area (Å²) in [6.07, 6.45) is 2.66. The molecule has 0 atom stereocenters. The lowest BCUT2D eigenvalue weighted by Crippen LogP contribution is -2.36. The van der Waals surface area contributed by atoms with Crippen molar-refractivity contribution in [1.29, 1.82) is 0 Å². The van der Waals surface area contributed by atoms with Crippen LogP contribution in [0.25, 0.3) is 0 Å². The van der Waals surface area contributed by atoms with E-state index in [1.807, 2.05) is 18.2 Å². The van der Waals surface area contributed by atoms with Gasteiger partial charge in [-0.3, -0.25) is 9.89 Å². The first-order chi connectivity index (χ1) is 14.2. The van der Waals surface area contributed by atoms with E-state index in [9.17, 15) is 0 Å². The largest absolute Gasteiger partial charge is 0.493 e. The number of hydrogen-bond acceptors (Lipinski definition) is 4. The molecular weight excluding hydrogens is 364 g/mol. The molecule has 6 nitrogen and oxygen atoms in total. The maximum Gasteiger partial charge on any atom is 0.191 e. The van der Waals surface area contributed by atoms with Crippen molar-refractivity contribution < 1.29 is 9.47 Å². The highest BCUT2D eigenvalue weighted by atomic mass is 16.5. The van der Waals surface area contributed by atoms with Crippen molar-refractivity contribution in [2.24, 2.45) is 4.99 Å². The van der Waals surface area contributed by atoms with Crippen LogP contribution in [0.5, 0.6) is 11.5 Å². The fourth-order valence-electron chi connectivity index (χ4n) is 3.54. The van der Waals surface area contributed by atoms with Crippen LogP contribution >= 0.6 is 0 Å². The van der Waals surface area contributed by atoms with E-state index >= 15 is 0 Å². The minimum atomic E-state index is 0.648. The molecule has 1 aliphatic heterocycles. The number of likely N-dealkylation sites (tertiary alicyclic amines) is 1. The Balaban J connectivity index is 1.47. The van der Waals surface area contributed by atoms with Gasteiger partial charge >= 0.3 is 0 Å². The molecule has 1 saturated heterocycles. The molecule has 0 aliphatic carbocycles. The average Bonchev–Trinajstić information content (AvgIpc) is 3.27. The number of guanidine groups is 1. The summed E-state index contributed by atoms with van der Waals surface area (Å²) >= 11 is 0. The van der Waals surface area contributed by atoms with Crippen LogP contribution in [0.4, 0.5) is 0 Å². The summed E-state index contributed by atoms with van der Waals surface area (Å²) < 4.78 is 10.7. The van der Waals surface area contributed by atoms with Crippen LogP contribution in [0.2, 0.25) is 0 Å². The van der Waals surface area contributed by atoms with Gasteiger partial charge in [-0.1, -0.05) is 30.3 Å². The molecule has 3 rings (SSSR count). The first-order valence-corrected chi connectivity index (χ1v) is 10.2. The Bertz CT molecular complexity index is 799. The van der Waals surface area contributed by atoms with Crippen LogP contribution in [0.3, 0.4) is 0 Å². The predicted molar refractivity (Wildman–Crippen MR) is 118 cm³/mol. The zero-order valence-electron chi connectivity index (χ0n) is 17.7. The van der Waals surface area contributed by atoms with Crippen molar-refractivity contribution in [2.75, 3.05) is 34.4 Å². The zero-order chi connectivity index (χ0) is 20.5. The van der Waals surface area contributed by atoms with Gasteiger partial charge in [-0.25, -0.2) is 0 Å². The first kappa shape index (κ1) is 21.0. The lowest BCUT2D eigenvalue weighted by atomic mass is 10.1. The highest BCUT2D eigenvalue weighted by Gasteiger charge is 2.11. The molecule has 0 aromatic heterocycles. The number of hydrogen-bond donors (Lipinski definition) is 2. The van der Waals surface area contributed by atoms with E-state index in [1.165, 1.54) is 37.1 Å². The summed E-state index contributed by atoms with van der Waals surface area (Å²) in [4.78, 5) is 6.83. The third-order valence-corrected chi connectivity index (χ3v) is 5.22. The average molecular weight is 397 g/mol. The van der Waals surface area contributed by atoms with E-state index in [0.29, 0.717) is 6.54 Å². The van der Waals surface area contributed by atoms with Gasteiger partial charge in [0.1, 0.15) is 0 Å². The molecule has 29 heavy (non-hydrogen) atoms. The van der Waals surface area contributed by atoms with Gasteiger partial charge in [-0.15, -0.1) is 0 Å². The molecule has 1 aliphatic rings. The molecule has 2 aromatic rings. The van der Waals surface area contributed by atoms with Crippen molar-refractivity contribution in [1.82, 2.24) is 15.5 Å². The number of benzene rings is 2. The fraction of sp³-hybridized carbons (Fsp3) is 0.435. The second kappa shape index (κ2) is 10.7. The van der Waals surface area contributed by atoms with Gasteiger partial charge in [0.25, 0.3) is 0 Å². The maximum absolute atomic E-state index is 5.37. The minimum absolute atomic E-state index is 0.648. The highest BCUT2D eigenvalue weighted by Crippen LogP contribution is 2.27. The number of methoxy groups -OCH3 is 2. The Morgan fingerprint density at radius 1 is 0.862 bits per heavy atom. The summed E-state index contributed by atoms with van der Waals surface area (Å²) in [5.74, 6) is 2.22. The Kier molecular flexibility index (Phi) is 7.76. The topological polar surface area (TPSA) is 58.1 Å². The van der Waals surface area contributed by atoms with Crippen LogP contribution < -0.4 is 20.1 Å². The number of nitrogens with zero attached hydrogens (tertiary/aromatic N) is 2. The Morgan fingerprint density at radius 3 is 2.07 bits per heavy atom. The summed E-state index contributed by atoms with van der Waals surface area (Å²) in [5, 5.41) is 6.71. The normalized spacial score (nSPS) is 14.7. The minimum Gasteiger partial charge on any atom is -0.493 e. The van der Waals surface area contributed by atoms with E-state index < -0.39 is 0 Å². The quantitative estimate of drug-likeness (QED) is 0.530. The molecule has 0 bridgehead atoms. The lowest BCUT2D eigenvalue weighted by molar-refractivity contribution is 0.331. The second-order valence-electron chi connectivity index (χ2n) is 7.27. The van der Waals surface area contributed by atoms with E-state index in [0.717, 1.165) is 36.1 Å². The Morgan fingerprint density at radius 2 is 1.45 bits per heavy atom. The van der Waals surface area contributed by atoms with Gasteiger partial charge in [-0.2, -0.15) is 0 Å². The number of ether oxygens (including phenoxy) is 2. The summed E-state index contributed by atoms with van der Waals surface area (Å²) in [5.41, 5.74) is 3.72. The number of rotatable bonds is 8. The van der Waals surface area contributed by atoms with Gasteiger partial charge < -0.3 is 20.1 Å². The molecule has 2 aromatic carbocycles. The fourth-order valence-corrected chi connectivity index (χ4v) is 3.54. The SMILES string of the molecule is CN=C(NCc1ccc(CN2CCCC2)cc1)NCc1ccc(OC)c(OC)c1. The summed E-state index contributed by atoms with van der Waals surface area (Å²) in [7, 11) is 5.07. The molecule has 1 heterocycles. The van der Waals surface area contributed by atoms with Crippen LogP contribution in [0, 0.1) is 0 Å². The Hall–Kier alpha value is -2.73. The van der Waals surface area contributed by atoms with E-state index in [-0.39, 0.29) is 0 Å². The van der Waals surface area contributed by atoms with Crippen molar-refractivity contribution in [3.8, 4) is 11.5 Å². The van der Waals surface area contributed by atoms with E-state index in [4.69, 9.17) is 9.47 Å². The van der Waals surface area contributed by atoms with Crippen molar-refractivity contribution in [2.45, 2.75) is 32.5 Å². The molecule has 6 heteroatoms. The van der Waals surface area contributed by atoms with Gasteiger partial charge in [0.05, 0.1) is 14.2 Å². The van der Waals surface area contributed by atoms with E-state index in [1.54, 1.807) is 21.3 Å². The number of aliphatic imine (C=N–C) groups is 1. The molecule has 0 spiro atoms. The van der Waals surface area contributed by atoms with Gasteiger partial charge in [0, 0.05) is 26.7 Å². The molecule has 0 radical (unpaired) electrons. The Labute approximate surface area is 173 Å². The monoisotopic (exact) mass is 396 g/mol. The lowest BCUT2D eigenvalue weighted by Gasteiger charge is -2.15. The van der Waals surface area contributed by atoms with Crippen LogP contribution in [0.15, 0.2) is 47.5 Å². The van der Waals surface area contributed by atoms with Crippen LogP contribution in [0.1, 0.15) is 29.5 Å². The van der Waals surface area contributed by atoms with Crippen molar-refractivity contribution in [3.63, 3.8) is 0 Å². The summed E-state index contributed by atoms with van der Waals surface area (Å²) in [6.45, 7) is 4.89. The third kappa shape index (κ3) is 6.12. The van der Waals surface area contributed by atoms with Gasteiger partial charge in [0.2, 0.25) is 0 Å². The van der Waals surface area contributed by atoms with Crippen molar-refractivity contribution >= 4 is 5.96 Å². The molecule has 2 N–H and O–H groups in total. The van der Waals surface area contributed by atoms with Crippen LogP contribution in [-0.2, 0) is 19.6 Å². The highest BCUT2D eigenvalue weighted by molar-refractivity contribution is 5.79. The molecule has 0 saturated carbocycles. The van der Waals surface area contributed by atoms with Crippen LogP contribution in [-0.4, -0.2) is 45.2 Å². The number of nitrogens with one attached hydrogen (secondary N) is 2. The first-order valence-electron chi connectivity index (χ1n) is 10.2. The van der Waals surface area contributed by atoms with Crippen molar-refractivity contribution in [3.05, 3.63) is 59.2 Å². The van der Waals surface area contributed by atoms with Gasteiger partial charge in [0.15, 0.2) is 17.5 Å². The summed E-state index contributed by atoms with van der Waals surface area (Å²) in [6, 6.07) is 14.7. The van der Waals surface area contributed by atoms with Gasteiger partial charge in [-0.05, 0) is 54.8 Å². The molecule has 1 fully saturated rings. The standard InChI is InChI=1S/C23H32N4O2/c1-24-23(26-16-20-10-11-21(28-2)22(14-20)29-3)25-15-18-6-8-19(9-7-18)17-27-12-4-5-13-27/h6-11,14H,4-5,12-13,15-17H2,1-3H3,(H2,24,25,26). The molecule has 156 valence electrons. The molecule has 0 amide bonds. The third-order valence-electron chi connectivity index (χ3n) is 5.22. The molecular formula is C23H32N4O2. The van der Waals surface area contributed by atoms with E-state index in [2.05, 4.69) is 44.8 Å². The molecule has 0 unspecified atom stereocenters. The zero-order valence-corrected chi connectivity index (χ0v) is 17.7. The predicted octanol–water partition coefficient (Wildman–Crippen LogP) is 3.16. The second-order valence-corrected chi connectivity index (χ2v) is 7.27. The maximum atomic E-state index is 5.37.